The van der Waals surface area contributed by atoms with Crippen LogP contribution < -0.4 is 5.32 Å². The number of halogens is 3. The number of carbonyl (C=O) groups is 2. The van der Waals surface area contributed by atoms with Crippen LogP contribution >= 0.6 is 0 Å². The first-order valence-corrected chi connectivity index (χ1v) is 9.34. The lowest BCUT2D eigenvalue weighted by Gasteiger charge is -2.34. The van der Waals surface area contributed by atoms with Crippen molar-refractivity contribution in [2.75, 3.05) is 20.6 Å². The number of allylic oxidation sites excluding steroid dienone is 1. The molecule has 1 unspecified atom stereocenters. The number of hydrogen-bond donors (Lipinski definition) is 2. The van der Waals surface area contributed by atoms with Crippen molar-refractivity contribution in [2.24, 2.45) is 0 Å². The van der Waals surface area contributed by atoms with Gasteiger partial charge in [-0.3, -0.25) is 9.69 Å². The number of nitrogens with zero attached hydrogens (tertiary/aromatic N) is 2. The van der Waals surface area contributed by atoms with E-state index in [0.717, 1.165) is 25.2 Å². The summed E-state index contributed by atoms with van der Waals surface area (Å²) in [4.78, 5) is 24.1. The van der Waals surface area contributed by atoms with E-state index in [4.69, 9.17) is 9.90 Å². The predicted octanol–water partition coefficient (Wildman–Crippen LogP) is 3.00. The minimum absolute atomic E-state index is 0.108. The fourth-order valence-electron chi connectivity index (χ4n) is 3.74. The van der Waals surface area contributed by atoms with Crippen molar-refractivity contribution in [1.29, 1.82) is 0 Å². The van der Waals surface area contributed by atoms with Crippen molar-refractivity contribution < 1.29 is 27.9 Å². The van der Waals surface area contributed by atoms with E-state index in [9.17, 15) is 18.0 Å². The van der Waals surface area contributed by atoms with Crippen molar-refractivity contribution in [1.82, 2.24) is 14.8 Å². The first kappa shape index (κ1) is 21.6. The average molecular weight is 421 g/mol. The second kappa shape index (κ2) is 8.35. The maximum Gasteiger partial charge on any atom is 0.490 e. The van der Waals surface area contributed by atoms with E-state index in [1.165, 1.54) is 16.7 Å². The molecule has 4 rings (SSSR count). The first-order chi connectivity index (χ1) is 14.1. The molecule has 2 N–H and O–H groups in total. The van der Waals surface area contributed by atoms with E-state index in [1.807, 2.05) is 25.2 Å². The molecule has 6 nitrogen and oxygen atoms in total. The van der Waals surface area contributed by atoms with Crippen LogP contribution in [0.3, 0.4) is 0 Å². The number of likely N-dealkylation sites (N-methyl/N-ethyl adjacent to an activating group) is 2. The largest absolute Gasteiger partial charge is 0.490 e. The van der Waals surface area contributed by atoms with Gasteiger partial charge in [-0.1, -0.05) is 30.3 Å². The van der Waals surface area contributed by atoms with Crippen LogP contribution in [-0.2, 0) is 17.8 Å². The summed E-state index contributed by atoms with van der Waals surface area (Å²) in [5.74, 6) is -2.65. The van der Waals surface area contributed by atoms with Gasteiger partial charge in [0.15, 0.2) is 0 Å². The summed E-state index contributed by atoms with van der Waals surface area (Å²) < 4.78 is 33.9. The van der Waals surface area contributed by atoms with Gasteiger partial charge in [-0.2, -0.15) is 13.2 Å². The molecule has 2 aliphatic rings. The lowest BCUT2D eigenvalue weighted by molar-refractivity contribution is -0.192. The van der Waals surface area contributed by atoms with Crippen LogP contribution in [0.1, 0.15) is 33.2 Å². The van der Waals surface area contributed by atoms with Gasteiger partial charge in [0.2, 0.25) is 5.78 Å². The number of rotatable bonds is 3. The molecule has 1 atom stereocenters. The summed E-state index contributed by atoms with van der Waals surface area (Å²) in [6.45, 7) is 1.76. The fraction of sp³-hybridized carbons (Fsp3) is 0.333. The van der Waals surface area contributed by atoms with Crippen LogP contribution in [0.2, 0.25) is 0 Å². The molecule has 9 heteroatoms. The van der Waals surface area contributed by atoms with Gasteiger partial charge >= 0.3 is 12.1 Å². The lowest BCUT2D eigenvalue weighted by atomic mass is 9.88. The van der Waals surface area contributed by atoms with E-state index in [1.54, 1.807) is 0 Å². The standard InChI is InChI=1S/C19H21N3O.C2HF3O2/c1-20-15-10-16-17-14(8-9-21(16)2)12-22(18(17)19(15)23)11-13-6-4-3-5-7-13;3-2(4,5)1(6)7/h3-7,10,12,16,20H,8-9,11H2,1-2H3;(H,6,7). The third-order valence-corrected chi connectivity index (χ3v) is 5.20. The van der Waals surface area contributed by atoms with E-state index in [-0.39, 0.29) is 11.8 Å². The molecule has 1 aliphatic carbocycles. The van der Waals surface area contributed by atoms with Crippen LogP contribution in [0, 0.1) is 0 Å². The maximum absolute atomic E-state index is 12.9. The van der Waals surface area contributed by atoms with Gasteiger partial charge in [0.1, 0.15) is 0 Å². The van der Waals surface area contributed by atoms with Gasteiger partial charge < -0.3 is 15.0 Å². The Hall–Kier alpha value is -3.07. The molecule has 1 aliphatic heterocycles. The number of aromatic nitrogens is 1. The zero-order valence-electron chi connectivity index (χ0n) is 16.5. The Kier molecular flexibility index (Phi) is 6.02. The predicted molar refractivity (Wildman–Crippen MR) is 104 cm³/mol. The Labute approximate surface area is 171 Å². The molecule has 0 saturated heterocycles. The highest BCUT2D eigenvalue weighted by Gasteiger charge is 2.38. The van der Waals surface area contributed by atoms with E-state index in [2.05, 4.69) is 46.2 Å². The molecular weight excluding hydrogens is 399 g/mol. The molecular formula is C21H22F3N3O3. The number of ketones is 1. The highest BCUT2D eigenvalue weighted by atomic mass is 19.4. The number of hydrogen-bond acceptors (Lipinski definition) is 4. The molecule has 1 aromatic heterocycles. The number of carboxylic acids is 1. The summed E-state index contributed by atoms with van der Waals surface area (Å²) in [5, 5.41) is 10.2. The topological polar surface area (TPSA) is 74.6 Å². The molecule has 2 aromatic rings. The van der Waals surface area contributed by atoms with Crippen LogP contribution in [0.5, 0.6) is 0 Å². The normalized spacial score (nSPS) is 18.1. The average Bonchev–Trinajstić information content (AvgIpc) is 3.06. The molecule has 1 aromatic carbocycles. The molecule has 0 amide bonds. The van der Waals surface area contributed by atoms with Crippen LogP contribution in [0.25, 0.3) is 0 Å². The van der Waals surface area contributed by atoms with Gasteiger partial charge in [-0.15, -0.1) is 0 Å². The van der Waals surface area contributed by atoms with E-state index < -0.39 is 12.1 Å². The number of carboxylic acid groups (broad SMARTS) is 1. The Morgan fingerprint density at radius 3 is 2.47 bits per heavy atom. The monoisotopic (exact) mass is 421 g/mol. The maximum atomic E-state index is 12.9. The Morgan fingerprint density at radius 2 is 1.90 bits per heavy atom. The second-order valence-corrected chi connectivity index (χ2v) is 7.17. The third-order valence-electron chi connectivity index (χ3n) is 5.20. The number of carbonyl (C=O) groups excluding carboxylic acids is 1. The van der Waals surface area contributed by atoms with Gasteiger partial charge in [0.05, 0.1) is 17.4 Å². The smallest absolute Gasteiger partial charge is 0.475 e. The number of Topliss-reactive ketones (excluding diaryl/α,β-unsaturated/α-hetero) is 1. The zero-order valence-corrected chi connectivity index (χ0v) is 16.5. The molecule has 160 valence electrons. The minimum atomic E-state index is -5.08. The molecule has 0 spiro atoms. The molecule has 0 saturated carbocycles. The fourth-order valence-corrected chi connectivity index (χ4v) is 3.74. The highest BCUT2D eigenvalue weighted by Crippen LogP contribution is 2.38. The summed E-state index contributed by atoms with van der Waals surface area (Å²) in [6, 6.07) is 10.5. The summed E-state index contributed by atoms with van der Waals surface area (Å²) in [6.07, 6.45) is 0.176. The number of nitrogens with one attached hydrogen (secondary N) is 1. The zero-order chi connectivity index (χ0) is 22.1. The SMILES string of the molecule is CNC1=CC2c3c(cn(Cc4ccccc4)c3C1=O)CCN2C.O=C(O)C(F)(F)F. The first-order valence-electron chi connectivity index (χ1n) is 9.34. The van der Waals surface area contributed by atoms with Gasteiger partial charge in [-0.05, 0) is 30.7 Å². The quantitative estimate of drug-likeness (QED) is 0.797. The Morgan fingerprint density at radius 1 is 1.27 bits per heavy atom. The van der Waals surface area contributed by atoms with Crippen LogP contribution in [0.4, 0.5) is 13.2 Å². The summed E-state index contributed by atoms with van der Waals surface area (Å²) in [7, 11) is 3.95. The van der Waals surface area contributed by atoms with Crippen molar-refractivity contribution in [3.63, 3.8) is 0 Å². The Bertz CT molecular complexity index is 981. The summed E-state index contributed by atoms with van der Waals surface area (Å²) in [5.41, 5.74) is 5.30. The molecule has 0 bridgehead atoms. The molecule has 30 heavy (non-hydrogen) atoms. The van der Waals surface area contributed by atoms with Gasteiger partial charge in [0.25, 0.3) is 0 Å². The minimum Gasteiger partial charge on any atom is -0.475 e. The van der Waals surface area contributed by atoms with Crippen molar-refractivity contribution in [3.8, 4) is 0 Å². The Balaban J connectivity index is 0.000000318. The van der Waals surface area contributed by atoms with Crippen molar-refractivity contribution in [3.05, 3.63) is 70.7 Å². The van der Waals surface area contributed by atoms with Crippen LogP contribution in [0.15, 0.2) is 48.3 Å². The lowest BCUT2D eigenvalue weighted by Crippen LogP contribution is -2.36. The molecule has 0 radical (unpaired) electrons. The number of benzene rings is 1. The highest BCUT2D eigenvalue weighted by molar-refractivity contribution is 6.10. The van der Waals surface area contributed by atoms with Gasteiger partial charge in [0, 0.05) is 31.9 Å². The molecule has 2 heterocycles. The number of aliphatic carboxylic acids is 1. The van der Waals surface area contributed by atoms with Crippen molar-refractivity contribution >= 4 is 11.8 Å². The van der Waals surface area contributed by atoms with Crippen LogP contribution in [-0.4, -0.2) is 53.1 Å². The summed E-state index contributed by atoms with van der Waals surface area (Å²) >= 11 is 0. The van der Waals surface area contributed by atoms with Crippen molar-refractivity contribution in [2.45, 2.75) is 25.2 Å². The number of alkyl halides is 3. The molecule has 0 fully saturated rings. The van der Waals surface area contributed by atoms with E-state index in [0.29, 0.717) is 5.70 Å². The van der Waals surface area contributed by atoms with E-state index >= 15 is 0 Å². The van der Waals surface area contributed by atoms with Gasteiger partial charge in [-0.25, -0.2) is 4.79 Å². The second-order valence-electron chi connectivity index (χ2n) is 7.17. The third kappa shape index (κ3) is 4.25.